The van der Waals surface area contributed by atoms with Gasteiger partial charge >= 0.3 is 5.97 Å². The number of sulfonamides is 1. The maximum absolute atomic E-state index is 11.0. The highest BCUT2D eigenvalue weighted by Crippen LogP contribution is 1.90. The van der Waals surface area contributed by atoms with Crippen molar-refractivity contribution in [3.05, 3.63) is 0 Å². The molecule has 0 aromatic heterocycles. The molecule has 0 amide bonds. The molecule has 0 aromatic carbocycles. The van der Waals surface area contributed by atoms with Gasteiger partial charge in [0.15, 0.2) is 5.75 Å². The average Bonchev–Trinajstić information content (AvgIpc) is 2.02. The summed E-state index contributed by atoms with van der Waals surface area (Å²) in [5.74, 6) is -1.56. The fourth-order valence-corrected chi connectivity index (χ4v) is 1.80. The van der Waals surface area contributed by atoms with Crippen LogP contribution in [0.15, 0.2) is 0 Å². The van der Waals surface area contributed by atoms with Crippen molar-refractivity contribution in [1.82, 2.24) is 4.72 Å². The molecule has 7 heteroatoms. The minimum Gasteiger partial charge on any atom is -0.468 e. The van der Waals surface area contributed by atoms with Crippen LogP contribution in [0.4, 0.5) is 0 Å². The first kappa shape index (κ1) is 12.3. The van der Waals surface area contributed by atoms with Gasteiger partial charge in [-0.3, -0.25) is 4.79 Å². The van der Waals surface area contributed by atoms with Crippen LogP contribution in [0.1, 0.15) is 6.92 Å². The Kier molecular flexibility index (Phi) is 4.89. The molecule has 0 fully saturated rings. The lowest BCUT2D eigenvalue weighted by Gasteiger charge is -2.09. The number of aliphatic hydroxyl groups is 1. The summed E-state index contributed by atoms with van der Waals surface area (Å²) in [5, 5.41) is 8.55. The van der Waals surface area contributed by atoms with E-state index in [0.29, 0.717) is 0 Å². The number of methoxy groups -OCH3 is 1. The second kappa shape index (κ2) is 5.15. The summed E-state index contributed by atoms with van der Waals surface area (Å²) in [5.41, 5.74) is 0. The van der Waals surface area contributed by atoms with Gasteiger partial charge in [-0.05, 0) is 6.92 Å². The lowest BCUT2D eigenvalue weighted by Crippen LogP contribution is -2.38. The molecule has 78 valence electrons. The molecule has 0 saturated carbocycles. The fourth-order valence-electron chi connectivity index (χ4n) is 0.600. The second-order valence-corrected chi connectivity index (χ2v) is 4.29. The molecule has 1 atom stereocenters. The molecule has 0 aliphatic carbocycles. The van der Waals surface area contributed by atoms with E-state index in [2.05, 4.69) is 9.46 Å². The normalized spacial score (nSPS) is 13.8. The van der Waals surface area contributed by atoms with E-state index in [1.165, 1.54) is 6.92 Å². The summed E-state index contributed by atoms with van der Waals surface area (Å²) < 4.78 is 28.4. The van der Waals surface area contributed by atoms with Crippen LogP contribution in [0.25, 0.3) is 0 Å². The molecule has 0 aliphatic heterocycles. The number of esters is 1. The molecule has 0 aliphatic rings. The van der Waals surface area contributed by atoms with Crippen molar-refractivity contribution < 1.29 is 23.1 Å². The number of carbonyl (C=O) groups excluding carboxylic acids is 1. The van der Waals surface area contributed by atoms with E-state index >= 15 is 0 Å². The van der Waals surface area contributed by atoms with Crippen molar-refractivity contribution in [2.24, 2.45) is 0 Å². The number of rotatable bonds is 5. The minimum atomic E-state index is -3.69. The zero-order valence-electron chi connectivity index (χ0n) is 7.48. The highest BCUT2D eigenvalue weighted by molar-refractivity contribution is 7.90. The first-order valence-electron chi connectivity index (χ1n) is 3.59. The number of ether oxygens (including phenoxy) is 1. The van der Waals surface area contributed by atoms with Crippen molar-refractivity contribution in [2.45, 2.75) is 13.0 Å². The van der Waals surface area contributed by atoms with E-state index < -0.39 is 27.8 Å². The molecular weight excluding hydrogens is 198 g/mol. The molecule has 0 saturated heterocycles. The Balaban J connectivity index is 4.17. The Hall–Kier alpha value is -0.660. The molecule has 2 N–H and O–H groups in total. The standard InChI is InChI=1S/C6H13NO5S/c1-5(3-8)7-13(10,11)4-6(9)12-2/h5,7-8H,3-4H2,1-2H3/t5-/m0/s1. The third-order valence-electron chi connectivity index (χ3n) is 1.19. The van der Waals surface area contributed by atoms with Crippen LogP contribution in [0.2, 0.25) is 0 Å². The molecule has 0 radical (unpaired) electrons. The Labute approximate surface area is 76.9 Å². The fraction of sp³-hybridized carbons (Fsp3) is 0.833. The molecule has 6 nitrogen and oxygen atoms in total. The number of aliphatic hydroxyl groups excluding tert-OH is 1. The summed E-state index contributed by atoms with van der Waals surface area (Å²) in [7, 11) is -2.58. The van der Waals surface area contributed by atoms with Gasteiger partial charge in [0.1, 0.15) is 0 Å². The molecular formula is C6H13NO5S. The van der Waals surface area contributed by atoms with Crippen LogP contribution in [0, 0.1) is 0 Å². The highest BCUT2D eigenvalue weighted by Gasteiger charge is 2.18. The predicted octanol–water partition coefficient (Wildman–Crippen LogP) is -1.54. The van der Waals surface area contributed by atoms with E-state index in [1.807, 2.05) is 0 Å². The number of carbonyl (C=O) groups is 1. The van der Waals surface area contributed by atoms with Gasteiger partial charge in [-0.15, -0.1) is 0 Å². The van der Waals surface area contributed by atoms with E-state index in [1.54, 1.807) is 0 Å². The van der Waals surface area contributed by atoms with Crippen LogP contribution in [0.5, 0.6) is 0 Å². The topological polar surface area (TPSA) is 92.7 Å². The number of hydrogen-bond donors (Lipinski definition) is 2. The van der Waals surface area contributed by atoms with Crippen molar-refractivity contribution in [3.8, 4) is 0 Å². The van der Waals surface area contributed by atoms with Gasteiger partial charge in [0.05, 0.1) is 13.7 Å². The van der Waals surface area contributed by atoms with E-state index in [4.69, 9.17) is 5.11 Å². The van der Waals surface area contributed by atoms with Gasteiger partial charge < -0.3 is 9.84 Å². The predicted molar refractivity (Wildman–Crippen MR) is 45.5 cm³/mol. The zero-order chi connectivity index (χ0) is 10.5. The summed E-state index contributed by atoms with van der Waals surface area (Å²) >= 11 is 0. The Morgan fingerprint density at radius 3 is 2.54 bits per heavy atom. The van der Waals surface area contributed by atoms with Gasteiger partial charge in [0.2, 0.25) is 10.0 Å². The highest BCUT2D eigenvalue weighted by atomic mass is 32.2. The van der Waals surface area contributed by atoms with E-state index in [-0.39, 0.29) is 6.61 Å². The third kappa shape index (κ3) is 5.56. The van der Waals surface area contributed by atoms with Crippen molar-refractivity contribution in [1.29, 1.82) is 0 Å². The van der Waals surface area contributed by atoms with Gasteiger partial charge in [0, 0.05) is 6.04 Å². The number of nitrogens with one attached hydrogen (secondary N) is 1. The van der Waals surface area contributed by atoms with Crippen LogP contribution in [-0.4, -0.2) is 45.0 Å². The first-order valence-corrected chi connectivity index (χ1v) is 5.24. The lowest BCUT2D eigenvalue weighted by molar-refractivity contribution is -0.137. The SMILES string of the molecule is COC(=O)CS(=O)(=O)N[C@@H](C)CO. The smallest absolute Gasteiger partial charge is 0.322 e. The molecule has 0 spiro atoms. The minimum absolute atomic E-state index is 0.319. The molecule has 13 heavy (non-hydrogen) atoms. The largest absolute Gasteiger partial charge is 0.468 e. The summed E-state index contributed by atoms with van der Waals surface area (Å²) in [6, 6.07) is -0.602. The Bertz CT molecular complexity index is 260. The van der Waals surface area contributed by atoms with Crippen LogP contribution < -0.4 is 4.72 Å². The quantitative estimate of drug-likeness (QED) is 0.538. The lowest BCUT2D eigenvalue weighted by atomic mass is 10.4. The van der Waals surface area contributed by atoms with Gasteiger partial charge in [-0.2, -0.15) is 0 Å². The second-order valence-electron chi connectivity index (χ2n) is 2.54. The maximum atomic E-state index is 11.0. The molecule has 0 heterocycles. The van der Waals surface area contributed by atoms with Gasteiger partial charge in [-0.1, -0.05) is 0 Å². The van der Waals surface area contributed by atoms with E-state index in [9.17, 15) is 13.2 Å². The summed E-state index contributed by atoms with van der Waals surface area (Å²) in [4.78, 5) is 10.6. The van der Waals surface area contributed by atoms with Crippen LogP contribution >= 0.6 is 0 Å². The van der Waals surface area contributed by atoms with Crippen LogP contribution in [-0.2, 0) is 19.6 Å². The Morgan fingerprint density at radius 1 is 1.62 bits per heavy atom. The van der Waals surface area contributed by atoms with Crippen molar-refractivity contribution in [3.63, 3.8) is 0 Å². The monoisotopic (exact) mass is 211 g/mol. The Morgan fingerprint density at radius 2 is 2.15 bits per heavy atom. The first-order chi connectivity index (χ1) is 5.91. The van der Waals surface area contributed by atoms with Gasteiger partial charge in [0.25, 0.3) is 0 Å². The molecule has 0 rings (SSSR count). The third-order valence-corrected chi connectivity index (χ3v) is 2.57. The average molecular weight is 211 g/mol. The molecule has 0 bridgehead atoms. The molecule has 0 unspecified atom stereocenters. The van der Waals surface area contributed by atoms with Crippen LogP contribution in [0.3, 0.4) is 0 Å². The summed E-state index contributed by atoms with van der Waals surface area (Å²) in [6.07, 6.45) is 0. The zero-order valence-corrected chi connectivity index (χ0v) is 8.30. The number of hydrogen-bond acceptors (Lipinski definition) is 5. The summed E-state index contributed by atoms with van der Waals surface area (Å²) in [6.45, 7) is 1.16. The molecule has 0 aromatic rings. The van der Waals surface area contributed by atoms with Gasteiger partial charge in [-0.25, -0.2) is 13.1 Å². The maximum Gasteiger partial charge on any atom is 0.322 e. The van der Waals surface area contributed by atoms with E-state index in [0.717, 1.165) is 7.11 Å². The van der Waals surface area contributed by atoms with Crippen molar-refractivity contribution in [2.75, 3.05) is 19.5 Å². The van der Waals surface area contributed by atoms with Crippen molar-refractivity contribution >= 4 is 16.0 Å².